The number of nitrogens with zero attached hydrogens (tertiary/aromatic N) is 14. The number of carbonyl (C=O) groups is 7. The lowest BCUT2D eigenvalue weighted by Gasteiger charge is -2.28. The Morgan fingerprint density at radius 1 is 0.424 bits per heavy atom. The van der Waals surface area contributed by atoms with E-state index in [9.17, 15) is 71.4 Å². The molecule has 0 bridgehead atoms. The molecule has 0 unspecified atom stereocenters. The van der Waals surface area contributed by atoms with Crippen molar-refractivity contribution in [3.63, 3.8) is 0 Å². The van der Waals surface area contributed by atoms with Crippen molar-refractivity contribution >= 4 is 86.6 Å². The third-order valence-corrected chi connectivity index (χ3v) is 26.2. The van der Waals surface area contributed by atoms with E-state index in [2.05, 4.69) is 72.1 Å². The van der Waals surface area contributed by atoms with E-state index in [0.29, 0.717) is 87.3 Å². The van der Waals surface area contributed by atoms with Crippen molar-refractivity contribution in [2.75, 3.05) is 21.1 Å². The highest BCUT2D eigenvalue weighted by atomic mass is 79.9. The fraction of sp³-hybridized carbons (Fsp3) is 0.590. The normalized spacial score (nSPS) is 19.2. The highest BCUT2D eigenvalue weighted by Crippen LogP contribution is 2.37. The Bertz CT molecular complexity index is 5380. The van der Waals surface area contributed by atoms with E-state index in [1.54, 1.807) is 109 Å². The fourth-order valence-corrected chi connectivity index (χ4v) is 18.1. The summed E-state index contributed by atoms with van der Waals surface area (Å²) in [6.07, 6.45) is 27.2. The number of carbonyl (C=O) groups excluding carboxylic acids is 6. The number of aliphatic hydroxyl groups excluding tert-OH is 1. The number of aromatic nitrogens is 11. The van der Waals surface area contributed by atoms with Crippen LogP contribution in [-0.4, -0.2) is 231 Å². The Balaban J connectivity index is 0.000000241. The number of carboxylic acid groups (broad SMARTS) is 1. The molecule has 0 spiro atoms. The Morgan fingerprint density at radius 3 is 1.10 bits per heavy atom. The zero-order valence-electron chi connectivity index (χ0n) is 82.3. The molecule has 0 aromatic carbocycles. The van der Waals surface area contributed by atoms with Gasteiger partial charge in [-0.2, -0.15) is 37.2 Å². The van der Waals surface area contributed by atoms with Gasteiger partial charge in [0.1, 0.15) is 29.0 Å². The van der Waals surface area contributed by atoms with Gasteiger partial charge in [0.05, 0.1) is 107 Å². The molecular formula is C100H140BBr2F5N14O22. The summed E-state index contributed by atoms with van der Waals surface area (Å²) in [6.45, 7) is 11.0. The van der Waals surface area contributed by atoms with Crippen molar-refractivity contribution in [2.24, 2.45) is 44.8 Å². The molecule has 7 fully saturated rings. The van der Waals surface area contributed by atoms with Crippen molar-refractivity contribution < 1.29 is 129 Å². The number of hydrogen-bond acceptors (Lipinski definition) is 29. The van der Waals surface area contributed by atoms with Gasteiger partial charge in [-0.3, -0.25) is 33.2 Å². The van der Waals surface area contributed by atoms with E-state index in [1.165, 1.54) is 47.4 Å². The Morgan fingerprint density at radius 2 is 0.757 bits per heavy atom. The van der Waals surface area contributed by atoms with Gasteiger partial charge in [0.15, 0.2) is 28.7 Å². The van der Waals surface area contributed by atoms with Crippen LogP contribution in [-0.2, 0) is 88.6 Å². The number of carboxylic acids is 1. The first-order valence-electron chi connectivity index (χ1n) is 48.2. The second-order valence-electron chi connectivity index (χ2n) is 36.9. The average molecular weight is 2160 g/mol. The molecule has 6 N–H and O–H groups in total. The minimum atomic E-state index is -1.62. The number of aromatic hydroxyl groups is 2. The molecule has 794 valence electrons. The zero-order chi connectivity index (χ0) is 104. The second-order valence-corrected chi connectivity index (χ2v) is 38.5. The first-order valence-corrected chi connectivity index (χ1v) is 49.8. The Kier molecular flexibility index (Phi) is 49.2. The van der Waals surface area contributed by atoms with Crippen LogP contribution in [0.5, 0.6) is 28.7 Å². The molecule has 0 aliphatic heterocycles. The molecule has 15 rings (SSSR count). The number of ether oxygens (including phenoxy) is 9. The highest BCUT2D eigenvalue weighted by molar-refractivity contribution is 9.10. The third-order valence-electron chi connectivity index (χ3n) is 25.3. The molecule has 8 atom stereocenters. The predicted octanol–water partition coefficient (Wildman–Crippen LogP) is 18.0. The number of hydrogen-bond donors (Lipinski definition) is 6. The van der Waals surface area contributed by atoms with Gasteiger partial charge in [-0.15, -0.1) is 0 Å². The van der Waals surface area contributed by atoms with Crippen LogP contribution in [0.1, 0.15) is 253 Å². The molecule has 144 heavy (non-hydrogen) atoms. The lowest BCUT2D eigenvalue weighted by molar-refractivity contribution is -0.155. The molecule has 7 saturated carbocycles. The van der Waals surface area contributed by atoms with Crippen molar-refractivity contribution in [1.29, 1.82) is 0 Å². The smallest absolute Gasteiger partial charge is 0.492 e. The molecule has 0 saturated heterocycles. The van der Waals surface area contributed by atoms with Gasteiger partial charge >= 0.3 is 49.3 Å². The van der Waals surface area contributed by atoms with E-state index < -0.39 is 72.4 Å². The molecule has 8 heterocycles. The molecular weight excluding hydrogens is 2010 g/mol. The maximum Gasteiger partial charge on any atom is 0.492 e. The van der Waals surface area contributed by atoms with Gasteiger partial charge < -0.3 is 87.8 Å². The number of halogens is 7. The van der Waals surface area contributed by atoms with Crippen LogP contribution in [0.2, 0.25) is 0 Å². The Hall–Kier alpha value is -11.4. The number of esters is 3. The SMILES string of the molecule is C.C.CC(C)OC(=O)[C@H]1CCC[C@@H](O)C1.CC(C)OC(=O)[C@H]1CCC[C@H](Oc2ccc(-c3cnn(C)c3COC(=O)N(C)C3CCCC3)nc2F)C1.CC(C)OC(=O)[C@H]1CCC[C@H](Oc2ccc(Br)nc2F)C1.CN(C(=O)OCc1c(-c2ccc(O[C@H]3CCC[C@H](C(=O)O)C3)c(F)n2)cnn1C)C1CCCC1.CN(C(=O)OCc1c(B(O)O)cnn1C)C1CCCC1.Oc1ccc(Br)nc1F.Oc1cccnc1F. The van der Waals surface area contributed by atoms with Gasteiger partial charge in [-0.25, -0.2) is 39.3 Å². The van der Waals surface area contributed by atoms with Crippen molar-refractivity contribution in [3.8, 4) is 51.3 Å². The molecule has 0 radical (unpaired) electrons. The maximum absolute atomic E-state index is 15.0. The molecule has 36 nitrogen and oxygen atoms in total. The lowest BCUT2D eigenvalue weighted by Crippen LogP contribution is -2.37. The molecule has 7 aliphatic rings. The quantitative estimate of drug-likeness (QED) is 0.0102. The maximum atomic E-state index is 15.0. The summed E-state index contributed by atoms with van der Waals surface area (Å²) in [5.41, 5.74) is 3.82. The van der Waals surface area contributed by atoms with E-state index in [4.69, 9.17) is 52.8 Å². The van der Waals surface area contributed by atoms with Crippen LogP contribution in [0.25, 0.3) is 22.5 Å². The minimum absolute atomic E-state index is 0. The van der Waals surface area contributed by atoms with Crippen LogP contribution >= 0.6 is 31.9 Å². The van der Waals surface area contributed by atoms with Gasteiger partial charge in [-0.05, 0) is 269 Å². The number of aliphatic hydroxyl groups is 1. The molecule has 44 heteroatoms. The van der Waals surface area contributed by atoms with Crippen LogP contribution in [0, 0.1) is 53.4 Å². The Labute approximate surface area is 854 Å². The van der Waals surface area contributed by atoms with Gasteiger partial charge in [-0.1, -0.05) is 59.8 Å². The highest BCUT2D eigenvalue weighted by Gasteiger charge is 2.37. The summed E-state index contributed by atoms with van der Waals surface area (Å²) < 4.78 is 122. The van der Waals surface area contributed by atoms with E-state index in [1.807, 2.05) is 41.5 Å². The molecule has 3 amide bonds. The van der Waals surface area contributed by atoms with Crippen molar-refractivity contribution in [1.82, 2.24) is 69.0 Å². The minimum Gasteiger partial charge on any atom is -0.504 e. The van der Waals surface area contributed by atoms with Gasteiger partial charge in [0.2, 0.25) is 0 Å². The van der Waals surface area contributed by atoms with Crippen molar-refractivity contribution in [3.05, 3.63) is 141 Å². The fourth-order valence-electron chi connectivity index (χ4n) is 17.5. The monoisotopic (exact) mass is 2150 g/mol. The van der Waals surface area contributed by atoms with E-state index >= 15 is 4.39 Å². The number of amides is 3. The van der Waals surface area contributed by atoms with E-state index in [0.717, 1.165) is 141 Å². The summed E-state index contributed by atoms with van der Waals surface area (Å²) >= 11 is 6.04. The number of aryl methyl sites for hydroxylation is 3. The van der Waals surface area contributed by atoms with Crippen LogP contribution < -0.4 is 19.7 Å². The van der Waals surface area contributed by atoms with Crippen LogP contribution in [0.15, 0.2) is 94.7 Å². The molecule has 8 aromatic heterocycles. The number of aliphatic carboxylic acids is 1. The number of rotatable bonds is 25. The zero-order valence-corrected chi connectivity index (χ0v) is 85.5. The van der Waals surface area contributed by atoms with Crippen LogP contribution in [0.4, 0.5) is 36.3 Å². The van der Waals surface area contributed by atoms with Gasteiger partial charge in [0.25, 0.3) is 29.7 Å². The summed E-state index contributed by atoms with van der Waals surface area (Å²) in [6, 6.07) is 15.6. The van der Waals surface area contributed by atoms with Crippen molar-refractivity contribution in [2.45, 2.75) is 317 Å². The topological polar surface area (TPSA) is 452 Å². The first kappa shape index (κ1) is 120. The summed E-state index contributed by atoms with van der Waals surface area (Å²) in [5, 5.41) is 66.5. The molecule has 8 aromatic rings. The molecule has 7 aliphatic carbocycles. The van der Waals surface area contributed by atoms with E-state index in [-0.39, 0.29) is 160 Å². The third kappa shape index (κ3) is 37.3. The second kappa shape index (κ2) is 59.3. The largest absolute Gasteiger partial charge is 0.504 e. The summed E-state index contributed by atoms with van der Waals surface area (Å²) in [5.74, 6) is -6.88. The number of pyridine rings is 5. The predicted molar refractivity (Wildman–Crippen MR) is 530 cm³/mol. The summed E-state index contributed by atoms with van der Waals surface area (Å²) in [7, 11) is 8.76. The summed E-state index contributed by atoms with van der Waals surface area (Å²) in [4.78, 5) is 107. The average Bonchev–Trinajstić information content (AvgIpc) is 1.49. The lowest BCUT2D eigenvalue weighted by atomic mass is 9.80. The first-order chi connectivity index (χ1) is 67.6. The van der Waals surface area contributed by atoms with Crippen LogP contribution in [0.3, 0.4) is 0 Å². The standard InChI is InChI=1S/C27H37FN4O5.C24H31FN4O5.C15H19BrFNO3.C12H20BN3O4.C10H18O3.C5H3BrFNO.C5H4FNO.2CH4/c1-17(2)36-26(33)18-8-7-11-20(14-18)37-24-13-12-22(30-25(24)28)21-15-29-32(4)23(21)16-35-27(34)31(3)19-9-5-6-10-19;1-28(16-7-3-4-8-16)24(32)33-14-20-18(13-26-29(20)2)19-10-11-21(22(25)27-19)34-17-9-5-6-15(12-17)23(30)31;1-9(2)20-15(19)10-4-3-5-11(8-10)21-12-6-7-13(16)18-14(12)17;1-15(9-5-3-4-6-9)12(17)20-8-11-10(13(18)19)7-14-16(11)2;1-7(2)13-10(12)8-4-3-5-9(11)6-8;6-4-2-1-3(9)5(7)8-4;6-5-4(8)2-1-3-7-5;;/h12-13,15,17-20H,5-11,14,16H2,1-4H3;10-11,13,15-17H,3-9,12,14H2,1-2H3,(H,30,31);6-7,9-11H,3-5,8H2,1-2H3;7,9,18-19H,3-6,8H2,1-2H3;7-9,11H,3-6H2,1-2H3;1-2,9H;1-3,8H;2*1H4/t18-,20-;15-,17-;10-,11-;;8-,9+;;;;/m000.0..../s1. The van der Waals surface area contributed by atoms with Gasteiger partial charge in [0, 0.05) is 89.4 Å².